The lowest BCUT2D eigenvalue weighted by Crippen LogP contribution is -2.45. The number of amides is 1. The van der Waals surface area contributed by atoms with Gasteiger partial charge in [0, 0.05) is 11.6 Å². The van der Waals surface area contributed by atoms with Gasteiger partial charge in [0.2, 0.25) is 0 Å². The molecule has 2 atom stereocenters. The van der Waals surface area contributed by atoms with Crippen LogP contribution >= 0.6 is 23.2 Å². The van der Waals surface area contributed by atoms with Crippen molar-refractivity contribution >= 4 is 29.1 Å². The molecule has 4 saturated carbocycles. The maximum atomic E-state index is 12.5. The van der Waals surface area contributed by atoms with E-state index in [4.69, 9.17) is 23.2 Å². The lowest BCUT2D eigenvalue weighted by molar-refractivity contribution is 0.0338. The molecule has 5 rings (SSSR count). The van der Waals surface area contributed by atoms with E-state index in [9.17, 15) is 4.79 Å². The fourth-order valence-electron chi connectivity index (χ4n) is 5.62. The summed E-state index contributed by atoms with van der Waals surface area (Å²) in [5, 5.41) is 4.17. The minimum atomic E-state index is -0.0684. The lowest BCUT2D eigenvalue weighted by atomic mass is 9.58. The molecule has 0 aromatic heterocycles. The Morgan fingerprint density at radius 1 is 1.09 bits per heavy atom. The Hall–Kier alpha value is -0.730. The Morgan fingerprint density at radius 3 is 2.39 bits per heavy atom. The average Bonchev–Trinajstić information content (AvgIpc) is 2.71. The van der Waals surface area contributed by atoms with Gasteiger partial charge >= 0.3 is 0 Å². The van der Waals surface area contributed by atoms with Crippen LogP contribution < -0.4 is 5.32 Å². The van der Waals surface area contributed by atoms with Gasteiger partial charge < -0.3 is 5.32 Å². The normalized spacial score (nSPS) is 35.1. The summed E-state index contributed by atoms with van der Waals surface area (Å²) in [6.07, 6.45) is 9.56. The van der Waals surface area contributed by atoms with Crippen LogP contribution in [0.2, 0.25) is 10.0 Å². The summed E-state index contributed by atoms with van der Waals surface area (Å²) < 4.78 is 0. The minimum Gasteiger partial charge on any atom is -0.351 e. The number of nitrogens with one attached hydrogen (secondary N) is 1. The first-order chi connectivity index (χ1) is 11.0. The molecular formula is C19H23Cl2NO. The molecule has 4 bridgehead atoms. The average molecular weight is 352 g/mol. The second-order valence-corrected chi connectivity index (χ2v) is 8.91. The van der Waals surface area contributed by atoms with Crippen LogP contribution in [0.5, 0.6) is 0 Å². The number of fused-ring (bicyclic) bond motifs is 1. The molecule has 23 heavy (non-hydrogen) atoms. The highest BCUT2D eigenvalue weighted by molar-refractivity contribution is 6.36. The largest absolute Gasteiger partial charge is 0.351 e. The van der Waals surface area contributed by atoms with E-state index in [-0.39, 0.29) is 5.91 Å². The number of halogens is 2. The first-order valence-corrected chi connectivity index (χ1v) is 9.52. The Balaban J connectivity index is 1.47. The van der Waals surface area contributed by atoms with Gasteiger partial charge in [-0.25, -0.2) is 0 Å². The van der Waals surface area contributed by atoms with Crippen molar-refractivity contribution in [1.29, 1.82) is 0 Å². The van der Waals surface area contributed by atoms with Gasteiger partial charge in [0.25, 0.3) is 5.91 Å². The van der Waals surface area contributed by atoms with Crippen molar-refractivity contribution in [1.82, 2.24) is 5.32 Å². The third-order valence-electron chi connectivity index (χ3n) is 6.28. The summed E-state index contributed by atoms with van der Waals surface area (Å²) in [4.78, 5) is 12.5. The van der Waals surface area contributed by atoms with Crippen LogP contribution in [0.4, 0.5) is 0 Å². The van der Waals surface area contributed by atoms with Crippen molar-refractivity contribution in [3.63, 3.8) is 0 Å². The SMILES string of the molecule is O=C(NCC12CC3C[C@H](CC[C@@H](C3)C1)C2)c1ccc(Cl)cc1Cl. The molecule has 1 aromatic carbocycles. The van der Waals surface area contributed by atoms with E-state index < -0.39 is 0 Å². The topological polar surface area (TPSA) is 29.1 Å². The van der Waals surface area contributed by atoms with Crippen molar-refractivity contribution in [3.8, 4) is 0 Å². The van der Waals surface area contributed by atoms with Crippen molar-refractivity contribution in [2.45, 2.75) is 44.9 Å². The quantitative estimate of drug-likeness (QED) is 0.783. The summed E-state index contributed by atoms with van der Waals surface area (Å²) in [6.45, 7) is 0.800. The second kappa shape index (κ2) is 5.97. The van der Waals surface area contributed by atoms with Crippen LogP contribution in [0.1, 0.15) is 55.3 Å². The van der Waals surface area contributed by atoms with Crippen molar-refractivity contribution in [2.75, 3.05) is 6.54 Å². The molecule has 4 fully saturated rings. The zero-order valence-electron chi connectivity index (χ0n) is 13.3. The second-order valence-electron chi connectivity index (χ2n) is 8.07. The van der Waals surface area contributed by atoms with Crippen LogP contribution in [0.3, 0.4) is 0 Å². The molecule has 4 aliphatic rings. The van der Waals surface area contributed by atoms with E-state index in [0.29, 0.717) is 21.0 Å². The summed E-state index contributed by atoms with van der Waals surface area (Å²) >= 11 is 12.1. The standard InChI is InChI=1S/C19H23Cl2NO/c20-15-3-4-16(17(21)7-15)18(23)22-11-19-8-12-1-2-13(9-19)6-14(5-12)10-19/h3-4,7,12-14H,1-2,5-6,8-11H2,(H,22,23)/t12-,13-,14?,19?/m0/s1. The number of carbonyl (C=O) groups excluding carboxylic acids is 1. The first kappa shape index (κ1) is 15.8. The molecule has 124 valence electrons. The summed E-state index contributed by atoms with van der Waals surface area (Å²) in [5.41, 5.74) is 0.861. The summed E-state index contributed by atoms with van der Waals surface area (Å²) in [6, 6.07) is 5.07. The highest BCUT2D eigenvalue weighted by atomic mass is 35.5. The molecule has 0 radical (unpaired) electrons. The van der Waals surface area contributed by atoms with E-state index in [1.165, 1.54) is 44.9 Å². The zero-order valence-corrected chi connectivity index (χ0v) is 14.8. The number of hydrogen-bond donors (Lipinski definition) is 1. The molecule has 0 heterocycles. The van der Waals surface area contributed by atoms with Gasteiger partial charge in [-0.3, -0.25) is 4.79 Å². The lowest BCUT2D eigenvalue weighted by Gasteiger charge is -2.48. The van der Waals surface area contributed by atoms with Crippen LogP contribution in [0, 0.1) is 23.2 Å². The molecule has 0 unspecified atom stereocenters. The van der Waals surface area contributed by atoms with E-state index in [0.717, 1.165) is 24.3 Å². The zero-order chi connectivity index (χ0) is 16.0. The van der Waals surface area contributed by atoms with E-state index in [1.54, 1.807) is 18.2 Å². The Bertz CT molecular complexity index is 614. The molecule has 2 nitrogen and oxygen atoms in total. The van der Waals surface area contributed by atoms with Gasteiger partial charge in [-0.1, -0.05) is 36.0 Å². The maximum absolute atomic E-state index is 12.5. The third kappa shape index (κ3) is 3.13. The predicted octanol–water partition coefficient (Wildman–Crippen LogP) is 5.33. The minimum absolute atomic E-state index is 0.0684. The van der Waals surface area contributed by atoms with E-state index in [1.807, 2.05) is 0 Å². The third-order valence-corrected chi connectivity index (χ3v) is 6.83. The summed E-state index contributed by atoms with van der Waals surface area (Å²) in [7, 11) is 0. The number of carbonyl (C=O) groups is 1. The van der Waals surface area contributed by atoms with Gasteiger partial charge in [-0.05, 0) is 73.5 Å². The Kier molecular flexibility index (Phi) is 4.09. The number of benzene rings is 1. The van der Waals surface area contributed by atoms with E-state index >= 15 is 0 Å². The molecule has 1 N–H and O–H groups in total. The van der Waals surface area contributed by atoms with Crippen LogP contribution in [-0.4, -0.2) is 12.5 Å². The molecule has 1 aromatic rings. The van der Waals surface area contributed by atoms with E-state index in [2.05, 4.69) is 5.32 Å². The highest BCUT2D eigenvalue weighted by Gasteiger charge is 2.48. The molecule has 0 spiro atoms. The fraction of sp³-hybridized carbons (Fsp3) is 0.632. The molecule has 1 amide bonds. The van der Waals surface area contributed by atoms with Gasteiger partial charge in [0.05, 0.1) is 10.6 Å². The molecule has 0 saturated heterocycles. The first-order valence-electron chi connectivity index (χ1n) is 8.76. The van der Waals surface area contributed by atoms with Crippen LogP contribution in [-0.2, 0) is 0 Å². The Morgan fingerprint density at radius 2 is 1.74 bits per heavy atom. The highest BCUT2D eigenvalue weighted by Crippen LogP contribution is 2.57. The molecular weight excluding hydrogens is 329 g/mol. The number of rotatable bonds is 3. The van der Waals surface area contributed by atoms with Gasteiger partial charge in [0.1, 0.15) is 0 Å². The molecule has 4 heteroatoms. The van der Waals surface area contributed by atoms with Gasteiger partial charge in [0.15, 0.2) is 0 Å². The predicted molar refractivity (Wildman–Crippen MR) is 94.0 cm³/mol. The van der Waals surface area contributed by atoms with Crippen molar-refractivity contribution < 1.29 is 4.79 Å². The van der Waals surface area contributed by atoms with Gasteiger partial charge in [-0.2, -0.15) is 0 Å². The maximum Gasteiger partial charge on any atom is 0.252 e. The molecule has 0 aliphatic heterocycles. The van der Waals surface area contributed by atoms with Crippen LogP contribution in [0.15, 0.2) is 18.2 Å². The van der Waals surface area contributed by atoms with Gasteiger partial charge in [-0.15, -0.1) is 0 Å². The fourth-order valence-corrected chi connectivity index (χ4v) is 6.12. The van der Waals surface area contributed by atoms with Crippen LogP contribution in [0.25, 0.3) is 0 Å². The summed E-state index contributed by atoms with van der Waals surface area (Å²) in [5.74, 6) is 2.60. The van der Waals surface area contributed by atoms with Crippen molar-refractivity contribution in [3.05, 3.63) is 33.8 Å². The smallest absolute Gasteiger partial charge is 0.252 e. The number of hydrogen-bond acceptors (Lipinski definition) is 1. The Labute approximate surface area is 147 Å². The van der Waals surface area contributed by atoms with Crippen molar-refractivity contribution in [2.24, 2.45) is 23.2 Å². The molecule has 4 aliphatic carbocycles. The monoisotopic (exact) mass is 351 g/mol.